The molecule has 9 heteroatoms. The summed E-state index contributed by atoms with van der Waals surface area (Å²) in [7, 11) is 1.67. The van der Waals surface area contributed by atoms with Crippen LogP contribution < -0.4 is 15.4 Å². The second-order valence-corrected chi connectivity index (χ2v) is 7.91. The molecule has 4 atom stereocenters. The van der Waals surface area contributed by atoms with E-state index in [4.69, 9.17) is 4.74 Å². The zero-order valence-corrected chi connectivity index (χ0v) is 19.8. The third kappa shape index (κ3) is 5.02. The molecule has 1 aromatic carbocycles. The summed E-state index contributed by atoms with van der Waals surface area (Å²) in [4.78, 5) is 30.9. The summed E-state index contributed by atoms with van der Waals surface area (Å²) in [5.74, 6) is 0.984. The van der Waals surface area contributed by atoms with Gasteiger partial charge in [0.1, 0.15) is 18.2 Å². The number of benzene rings is 1. The maximum absolute atomic E-state index is 13.1. The molecule has 2 fully saturated rings. The van der Waals surface area contributed by atoms with Gasteiger partial charge in [-0.05, 0) is 36.8 Å². The van der Waals surface area contributed by atoms with E-state index in [0.29, 0.717) is 44.4 Å². The normalized spacial score (nSPS) is 26.1. The summed E-state index contributed by atoms with van der Waals surface area (Å²) in [5.41, 5.74) is 0. The Kier molecular flexibility index (Phi) is 7.90. The molecule has 3 aliphatic rings. The molecule has 4 rings (SSSR count). The summed E-state index contributed by atoms with van der Waals surface area (Å²) in [5, 5.41) is 6.29. The molecular formula is C22H28FIN4O3. The van der Waals surface area contributed by atoms with Gasteiger partial charge in [-0.25, -0.2) is 4.39 Å². The summed E-state index contributed by atoms with van der Waals surface area (Å²) < 4.78 is 18.6. The molecule has 2 aliphatic carbocycles. The van der Waals surface area contributed by atoms with E-state index in [1.54, 1.807) is 19.2 Å². The Labute approximate surface area is 198 Å². The van der Waals surface area contributed by atoms with Gasteiger partial charge in [0.25, 0.3) is 0 Å². The van der Waals surface area contributed by atoms with Crippen LogP contribution in [0.25, 0.3) is 0 Å². The molecule has 1 aromatic rings. The maximum Gasteiger partial charge on any atom is 0.233 e. The number of nitrogens with zero attached hydrogens (tertiary/aromatic N) is 2. The quantitative estimate of drug-likeness (QED) is 0.132. The zero-order valence-electron chi connectivity index (χ0n) is 17.4. The van der Waals surface area contributed by atoms with Crippen molar-refractivity contribution in [3.63, 3.8) is 0 Å². The molecule has 2 bridgehead atoms. The number of nitrogens with one attached hydrogen (secondary N) is 2. The SMILES string of the molecule is CN=C(NCCCN1C(=O)C2C3C=CC(C3)C2C1=O)NCCOc1cccc(F)c1.I. The highest BCUT2D eigenvalue weighted by Crippen LogP contribution is 2.52. The lowest BCUT2D eigenvalue weighted by Gasteiger charge is -2.18. The van der Waals surface area contributed by atoms with Crippen LogP contribution >= 0.6 is 24.0 Å². The van der Waals surface area contributed by atoms with Gasteiger partial charge < -0.3 is 15.4 Å². The van der Waals surface area contributed by atoms with Gasteiger partial charge in [0.15, 0.2) is 5.96 Å². The molecule has 1 aliphatic heterocycles. The number of rotatable bonds is 8. The highest BCUT2D eigenvalue weighted by Gasteiger charge is 2.58. The number of carbonyl (C=O) groups excluding carboxylic acids is 2. The van der Waals surface area contributed by atoms with Gasteiger partial charge in [0, 0.05) is 26.2 Å². The lowest BCUT2D eigenvalue weighted by atomic mass is 9.85. The molecule has 0 spiro atoms. The number of aliphatic imine (C=N–C) groups is 1. The highest BCUT2D eigenvalue weighted by molar-refractivity contribution is 14.0. The number of fused-ring (bicyclic) bond motifs is 5. The van der Waals surface area contributed by atoms with Gasteiger partial charge in [-0.2, -0.15) is 0 Å². The Balaban J connectivity index is 0.00000272. The van der Waals surface area contributed by atoms with E-state index in [2.05, 4.69) is 27.8 Å². The zero-order chi connectivity index (χ0) is 21.1. The first-order chi connectivity index (χ1) is 14.6. The van der Waals surface area contributed by atoms with Crippen molar-refractivity contribution in [1.29, 1.82) is 0 Å². The van der Waals surface area contributed by atoms with Crippen molar-refractivity contribution in [1.82, 2.24) is 15.5 Å². The van der Waals surface area contributed by atoms with Gasteiger partial charge >= 0.3 is 0 Å². The van der Waals surface area contributed by atoms with Crippen LogP contribution in [0.5, 0.6) is 5.75 Å². The number of carbonyl (C=O) groups is 2. The number of guanidine groups is 1. The Morgan fingerprint density at radius 1 is 1.16 bits per heavy atom. The topological polar surface area (TPSA) is 83.0 Å². The molecule has 4 unspecified atom stereocenters. The van der Waals surface area contributed by atoms with Gasteiger partial charge in [0.05, 0.1) is 18.4 Å². The molecule has 31 heavy (non-hydrogen) atoms. The molecule has 1 saturated heterocycles. The van der Waals surface area contributed by atoms with E-state index in [0.717, 1.165) is 6.42 Å². The molecule has 1 saturated carbocycles. The monoisotopic (exact) mass is 542 g/mol. The summed E-state index contributed by atoms with van der Waals surface area (Å²) in [6.07, 6.45) is 5.82. The van der Waals surface area contributed by atoms with Crippen LogP contribution in [0.2, 0.25) is 0 Å². The molecule has 7 nitrogen and oxygen atoms in total. The average molecular weight is 542 g/mol. The fraction of sp³-hybridized carbons (Fsp3) is 0.500. The predicted molar refractivity (Wildman–Crippen MR) is 126 cm³/mol. The maximum atomic E-state index is 13.1. The number of amides is 2. The second-order valence-electron chi connectivity index (χ2n) is 7.91. The molecular weight excluding hydrogens is 514 g/mol. The molecule has 2 N–H and O–H groups in total. The molecule has 2 amide bonds. The number of ether oxygens (including phenoxy) is 1. The molecule has 0 aromatic heterocycles. The largest absolute Gasteiger partial charge is 0.492 e. The summed E-state index contributed by atoms with van der Waals surface area (Å²) in [6.45, 7) is 1.87. The fourth-order valence-corrected chi connectivity index (χ4v) is 4.74. The first-order valence-corrected chi connectivity index (χ1v) is 10.4. The lowest BCUT2D eigenvalue weighted by Crippen LogP contribution is -2.41. The number of hydrogen-bond acceptors (Lipinski definition) is 4. The van der Waals surface area contributed by atoms with Crippen molar-refractivity contribution in [2.45, 2.75) is 12.8 Å². The van der Waals surface area contributed by atoms with E-state index >= 15 is 0 Å². The Morgan fingerprint density at radius 2 is 1.84 bits per heavy atom. The Hall–Kier alpha value is -2.17. The van der Waals surface area contributed by atoms with Crippen molar-refractivity contribution >= 4 is 41.8 Å². The van der Waals surface area contributed by atoms with Crippen LogP contribution in [0.1, 0.15) is 12.8 Å². The third-order valence-electron chi connectivity index (χ3n) is 6.10. The highest BCUT2D eigenvalue weighted by atomic mass is 127. The van der Waals surface area contributed by atoms with Gasteiger partial charge in [0.2, 0.25) is 11.8 Å². The van der Waals surface area contributed by atoms with E-state index < -0.39 is 0 Å². The van der Waals surface area contributed by atoms with E-state index in [-0.39, 0.29) is 65.3 Å². The first kappa shape index (κ1) is 23.5. The van der Waals surface area contributed by atoms with Gasteiger partial charge in [-0.3, -0.25) is 19.5 Å². The van der Waals surface area contributed by atoms with Gasteiger partial charge in [-0.1, -0.05) is 18.2 Å². The number of likely N-dealkylation sites (tertiary alicyclic amines) is 1. The Bertz CT molecular complexity index is 848. The van der Waals surface area contributed by atoms with Crippen LogP contribution in [-0.2, 0) is 9.59 Å². The minimum atomic E-state index is -0.333. The average Bonchev–Trinajstić information content (AvgIpc) is 3.42. The first-order valence-electron chi connectivity index (χ1n) is 10.4. The van der Waals surface area contributed by atoms with E-state index in [1.807, 2.05) is 0 Å². The standard InChI is InChI=1S/C22H27FN4O3.HI/c1-24-22(26-9-11-30-17-5-2-4-16(23)13-17)25-8-3-10-27-20(28)18-14-6-7-15(12-14)19(18)21(27)29;/h2,4-7,13-15,18-19H,3,8-12H2,1H3,(H2,24,25,26);1H. The van der Waals surface area contributed by atoms with Crippen LogP contribution in [0.15, 0.2) is 41.4 Å². The molecule has 168 valence electrons. The summed E-state index contributed by atoms with van der Waals surface area (Å²) >= 11 is 0. The van der Waals surface area contributed by atoms with E-state index in [9.17, 15) is 14.0 Å². The van der Waals surface area contributed by atoms with Crippen LogP contribution in [-0.4, -0.2) is 56.0 Å². The van der Waals surface area contributed by atoms with Crippen molar-refractivity contribution in [2.75, 3.05) is 33.3 Å². The lowest BCUT2D eigenvalue weighted by molar-refractivity contribution is -0.140. The Morgan fingerprint density at radius 3 is 2.48 bits per heavy atom. The predicted octanol–water partition coefficient (Wildman–Crippen LogP) is 2.18. The van der Waals surface area contributed by atoms with Crippen molar-refractivity contribution in [2.24, 2.45) is 28.7 Å². The van der Waals surface area contributed by atoms with Gasteiger partial charge in [-0.15, -0.1) is 24.0 Å². The minimum Gasteiger partial charge on any atom is -0.492 e. The summed E-state index contributed by atoms with van der Waals surface area (Å²) in [6, 6.07) is 6.01. The minimum absolute atomic E-state index is 0. The van der Waals surface area contributed by atoms with Crippen LogP contribution in [0, 0.1) is 29.5 Å². The molecule has 1 heterocycles. The third-order valence-corrected chi connectivity index (χ3v) is 6.10. The fourth-order valence-electron chi connectivity index (χ4n) is 4.74. The number of imide groups is 1. The number of hydrogen-bond donors (Lipinski definition) is 2. The molecule has 0 radical (unpaired) electrons. The van der Waals surface area contributed by atoms with Crippen molar-refractivity contribution in [3.05, 3.63) is 42.2 Å². The van der Waals surface area contributed by atoms with Crippen molar-refractivity contribution < 1.29 is 18.7 Å². The smallest absolute Gasteiger partial charge is 0.233 e. The van der Waals surface area contributed by atoms with Crippen molar-refractivity contribution in [3.8, 4) is 5.75 Å². The van der Waals surface area contributed by atoms with E-state index in [1.165, 1.54) is 17.0 Å². The second kappa shape index (κ2) is 10.4. The number of halogens is 2. The van der Waals surface area contributed by atoms with Crippen LogP contribution in [0.3, 0.4) is 0 Å². The van der Waals surface area contributed by atoms with Crippen LogP contribution in [0.4, 0.5) is 4.39 Å². The number of allylic oxidation sites excluding steroid dienone is 2.